The first-order chi connectivity index (χ1) is 9.24. The fourth-order valence-electron chi connectivity index (χ4n) is 2.71. The molecule has 3 nitrogen and oxygen atoms in total. The van der Waals surface area contributed by atoms with E-state index in [0.717, 1.165) is 24.0 Å². The van der Waals surface area contributed by atoms with Gasteiger partial charge in [0.05, 0.1) is 19.8 Å². The molecule has 2 rings (SSSR count). The summed E-state index contributed by atoms with van der Waals surface area (Å²) in [7, 11) is 1.64. The van der Waals surface area contributed by atoms with Crippen LogP contribution < -0.4 is 4.74 Å². The highest BCUT2D eigenvalue weighted by molar-refractivity contribution is 5.75. The maximum atomic E-state index is 10.8. The van der Waals surface area contributed by atoms with Gasteiger partial charge in [-0.2, -0.15) is 0 Å². The van der Waals surface area contributed by atoms with Crippen LogP contribution in [0.4, 0.5) is 0 Å². The molecular formula is C16H22O3. The van der Waals surface area contributed by atoms with Gasteiger partial charge in [0.25, 0.3) is 0 Å². The van der Waals surface area contributed by atoms with Crippen LogP contribution >= 0.6 is 0 Å². The van der Waals surface area contributed by atoms with Crippen LogP contribution in [0.3, 0.4) is 0 Å². The lowest BCUT2D eigenvalue weighted by molar-refractivity contribution is -0.0160. The first-order valence-electron chi connectivity index (χ1n) is 6.98. The molecule has 1 aromatic rings. The number of carbonyl (C=O) groups is 1. The van der Waals surface area contributed by atoms with Gasteiger partial charge in [-0.05, 0) is 37.0 Å². The van der Waals surface area contributed by atoms with Crippen LogP contribution in [0.5, 0.6) is 5.75 Å². The summed E-state index contributed by atoms with van der Waals surface area (Å²) in [6.07, 6.45) is 6.13. The quantitative estimate of drug-likeness (QED) is 0.760. The van der Waals surface area contributed by atoms with Crippen LogP contribution in [0, 0.1) is 5.92 Å². The van der Waals surface area contributed by atoms with Gasteiger partial charge in [0.2, 0.25) is 0 Å². The van der Waals surface area contributed by atoms with Crippen LogP contribution in [0.15, 0.2) is 18.2 Å². The second-order valence-corrected chi connectivity index (χ2v) is 5.30. The molecule has 0 amide bonds. The van der Waals surface area contributed by atoms with Gasteiger partial charge in [0.15, 0.2) is 0 Å². The van der Waals surface area contributed by atoms with Crippen molar-refractivity contribution in [3.63, 3.8) is 0 Å². The molecule has 1 aromatic carbocycles. The van der Waals surface area contributed by atoms with Crippen LogP contribution in [0.2, 0.25) is 0 Å². The van der Waals surface area contributed by atoms with Crippen molar-refractivity contribution in [2.24, 2.45) is 5.92 Å². The predicted octanol–water partition coefficient (Wildman–Crippen LogP) is 3.60. The summed E-state index contributed by atoms with van der Waals surface area (Å²) in [6.45, 7) is 2.77. The van der Waals surface area contributed by atoms with Crippen molar-refractivity contribution in [1.82, 2.24) is 0 Å². The number of aldehydes is 1. The Labute approximate surface area is 114 Å². The fraction of sp³-hybridized carbons (Fsp3) is 0.562. The molecule has 1 saturated carbocycles. The summed E-state index contributed by atoms with van der Waals surface area (Å²) in [5.74, 6) is 1.41. The van der Waals surface area contributed by atoms with Gasteiger partial charge in [-0.3, -0.25) is 4.79 Å². The zero-order chi connectivity index (χ0) is 13.7. The smallest absolute Gasteiger partial charge is 0.150 e. The fourth-order valence-corrected chi connectivity index (χ4v) is 2.71. The van der Waals surface area contributed by atoms with Gasteiger partial charge in [0.1, 0.15) is 12.0 Å². The molecule has 0 N–H and O–H groups in total. The number of benzene rings is 1. The van der Waals surface area contributed by atoms with E-state index in [9.17, 15) is 4.79 Å². The molecule has 1 fully saturated rings. The summed E-state index contributed by atoms with van der Waals surface area (Å²) in [5.41, 5.74) is 1.61. The maximum Gasteiger partial charge on any atom is 0.150 e. The van der Waals surface area contributed by atoms with Crippen molar-refractivity contribution in [3.05, 3.63) is 29.3 Å². The Bertz CT molecular complexity index is 428. The van der Waals surface area contributed by atoms with E-state index in [-0.39, 0.29) is 0 Å². The summed E-state index contributed by atoms with van der Waals surface area (Å²) in [4.78, 5) is 10.8. The molecule has 1 aliphatic carbocycles. The van der Waals surface area contributed by atoms with E-state index in [1.165, 1.54) is 19.3 Å². The second kappa shape index (κ2) is 6.71. The molecule has 0 bridgehead atoms. The third-order valence-electron chi connectivity index (χ3n) is 3.93. The Kier molecular flexibility index (Phi) is 4.97. The van der Waals surface area contributed by atoms with Crippen molar-refractivity contribution in [1.29, 1.82) is 0 Å². The van der Waals surface area contributed by atoms with E-state index in [1.807, 2.05) is 12.1 Å². The zero-order valence-corrected chi connectivity index (χ0v) is 11.7. The molecule has 104 valence electrons. The summed E-state index contributed by atoms with van der Waals surface area (Å²) in [5, 5.41) is 0. The Morgan fingerprint density at radius 2 is 2.11 bits per heavy atom. The molecule has 2 unspecified atom stereocenters. The molecule has 0 spiro atoms. The first kappa shape index (κ1) is 14.1. The van der Waals surface area contributed by atoms with E-state index in [0.29, 0.717) is 24.2 Å². The number of hydrogen-bond donors (Lipinski definition) is 0. The number of ether oxygens (including phenoxy) is 2. The summed E-state index contributed by atoms with van der Waals surface area (Å²) in [6, 6.07) is 5.44. The largest absolute Gasteiger partial charge is 0.496 e. The minimum absolute atomic E-state index is 0.332. The highest BCUT2D eigenvalue weighted by atomic mass is 16.5. The van der Waals surface area contributed by atoms with Crippen LogP contribution in [0.25, 0.3) is 0 Å². The highest BCUT2D eigenvalue weighted by Gasteiger charge is 2.22. The van der Waals surface area contributed by atoms with Crippen molar-refractivity contribution in [3.8, 4) is 5.75 Å². The Balaban J connectivity index is 2.03. The lowest BCUT2D eigenvalue weighted by atomic mass is 9.88. The SMILES string of the molecule is COc1ccc(C=O)cc1COC1CCCCC1C. The second-order valence-electron chi connectivity index (χ2n) is 5.30. The predicted molar refractivity (Wildman–Crippen MR) is 74.6 cm³/mol. The Hall–Kier alpha value is -1.35. The van der Waals surface area contributed by atoms with E-state index < -0.39 is 0 Å². The van der Waals surface area contributed by atoms with Crippen molar-refractivity contribution in [2.45, 2.75) is 45.3 Å². The number of methoxy groups -OCH3 is 1. The molecule has 3 heteroatoms. The molecule has 0 radical (unpaired) electrons. The molecule has 1 aliphatic rings. The zero-order valence-electron chi connectivity index (χ0n) is 11.7. The van der Waals surface area contributed by atoms with Crippen LogP contribution in [0.1, 0.15) is 48.5 Å². The molecule has 2 atom stereocenters. The van der Waals surface area contributed by atoms with E-state index >= 15 is 0 Å². The topological polar surface area (TPSA) is 35.5 Å². The number of rotatable bonds is 5. The van der Waals surface area contributed by atoms with Crippen molar-refractivity contribution >= 4 is 6.29 Å². The molecule has 19 heavy (non-hydrogen) atoms. The molecule has 0 aliphatic heterocycles. The van der Waals surface area contributed by atoms with Gasteiger partial charge in [-0.15, -0.1) is 0 Å². The minimum atomic E-state index is 0.332. The standard InChI is InChI=1S/C16H22O3/c1-12-5-3-4-6-15(12)19-11-14-9-13(10-17)7-8-16(14)18-2/h7-10,12,15H,3-6,11H2,1-2H3. The summed E-state index contributed by atoms with van der Waals surface area (Å²) < 4.78 is 11.3. The van der Waals surface area contributed by atoms with E-state index in [4.69, 9.17) is 9.47 Å². The van der Waals surface area contributed by atoms with Gasteiger partial charge < -0.3 is 9.47 Å². The highest BCUT2D eigenvalue weighted by Crippen LogP contribution is 2.28. The maximum absolute atomic E-state index is 10.8. The third-order valence-corrected chi connectivity index (χ3v) is 3.93. The average molecular weight is 262 g/mol. The monoisotopic (exact) mass is 262 g/mol. The number of carbonyl (C=O) groups excluding carboxylic acids is 1. The van der Waals surface area contributed by atoms with E-state index in [1.54, 1.807) is 13.2 Å². The van der Waals surface area contributed by atoms with Gasteiger partial charge in [0, 0.05) is 11.1 Å². The normalized spacial score (nSPS) is 23.1. The molecule has 0 aromatic heterocycles. The number of hydrogen-bond acceptors (Lipinski definition) is 3. The molecule has 0 heterocycles. The van der Waals surface area contributed by atoms with Crippen molar-refractivity contribution < 1.29 is 14.3 Å². The average Bonchev–Trinajstić information content (AvgIpc) is 2.46. The minimum Gasteiger partial charge on any atom is -0.496 e. The Morgan fingerprint density at radius 1 is 1.32 bits per heavy atom. The Morgan fingerprint density at radius 3 is 2.79 bits per heavy atom. The van der Waals surface area contributed by atoms with E-state index in [2.05, 4.69) is 6.92 Å². The summed E-state index contributed by atoms with van der Waals surface area (Å²) >= 11 is 0. The van der Waals surface area contributed by atoms with Crippen LogP contribution in [-0.2, 0) is 11.3 Å². The first-order valence-corrected chi connectivity index (χ1v) is 6.98. The lowest BCUT2D eigenvalue weighted by Crippen LogP contribution is -2.25. The van der Waals surface area contributed by atoms with Crippen molar-refractivity contribution in [2.75, 3.05) is 7.11 Å². The third kappa shape index (κ3) is 3.57. The van der Waals surface area contributed by atoms with Crippen LogP contribution in [-0.4, -0.2) is 19.5 Å². The van der Waals surface area contributed by atoms with Gasteiger partial charge in [-0.25, -0.2) is 0 Å². The van der Waals surface area contributed by atoms with Gasteiger partial charge in [-0.1, -0.05) is 19.8 Å². The molecular weight excluding hydrogens is 240 g/mol. The lowest BCUT2D eigenvalue weighted by Gasteiger charge is -2.29. The molecule has 0 saturated heterocycles. The van der Waals surface area contributed by atoms with Gasteiger partial charge >= 0.3 is 0 Å².